The van der Waals surface area contributed by atoms with Gasteiger partial charge in [0.15, 0.2) is 6.61 Å². The molecular formula is C19H15ClN2O3S. The summed E-state index contributed by atoms with van der Waals surface area (Å²) in [6.45, 7) is -0.286. The lowest BCUT2D eigenvalue weighted by molar-refractivity contribution is -0.124. The third-order valence-electron chi connectivity index (χ3n) is 4.04. The van der Waals surface area contributed by atoms with Crippen molar-refractivity contribution < 1.29 is 14.3 Å². The van der Waals surface area contributed by atoms with Gasteiger partial charge in [0.1, 0.15) is 0 Å². The maximum absolute atomic E-state index is 12.6. The molecule has 1 aliphatic rings. The molecule has 2 heterocycles. The number of pyridine rings is 1. The molecule has 1 saturated carbocycles. The summed E-state index contributed by atoms with van der Waals surface area (Å²) in [5, 5.41) is 3.48. The van der Waals surface area contributed by atoms with E-state index in [1.54, 1.807) is 12.1 Å². The molecule has 2 aromatic heterocycles. The van der Waals surface area contributed by atoms with Crippen LogP contribution in [0.4, 0.5) is 0 Å². The SMILES string of the molecule is O=C(COC(=O)c1cc(-c2ccc(Cl)s2)nc2ccccc12)NC1CC1. The van der Waals surface area contributed by atoms with Crippen molar-refractivity contribution in [1.82, 2.24) is 10.3 Å². The lowest BCUT2D eigenvalue weighted by atomic mass is 10.1. The molecule has 132 valence electrons. The maximum Gasteiger partial charge on any atom is 0.339 e. The zero-order valence-electron chi connectivity index (χ0n) is 13.7. The van der Waals surface area contributed by atoms with Gasteiger partial charge in [0.2, 0.25) is 0 Å². The first kappa shape index (κ1) is 17.0. The van der Waals surface area contributed by atoms with Crippen LogP contribution in [-0.4, -0.2) is 29.5 Å². The summed E-state index contributed by atoms with van der Waals surface area (Å²) in [6.07, 6.45) is 1.98. The van der Waals surface area contributed by atoms with Crippen molar-refractivity contribution in [3.8, 4) is 10.6 Å². The van der Waals surface area contributed by atoms with Gasteiger partial charge in [-0.3, -0.25) is 4.79 Å². The normalized spacial score (nSPS) is 13.6. The van der Waals surface area contributed by atoms with Crippen molar-refractivity contribution in [3.63, 3.8) is 0 Å². The second kappa shape index (κ2) is 7.05. The third kappa shape index (κ3) is 3.71. The number of carbonyl (C=O) groups is 2. The number of nitrogens with zero attached hydrogens (tertiary/aromatic N) is 1. The van der Waals surface area contributed by atoms with Gasteiger partial charge < -0.3 is 10.1 Å². The highest BCUT2D eigenvalue weighted by atomic mass is 35.5. The number of nitrogens with one attached hydrogen (secondary N) is 1. The topological polar surface area (TPSA) is 68.3 Å². The van der Waals surface area contributed by atoms with Crippen LogP contribution < -0.4 is 5.32 Å². The first-order valence-electron chi connectivity index (χ1n) is 8.22. The molecule has 1 fully saturated rings. The number of ether oxygens (including phenoxy) is 1. The lowest BCUT2D eigenvalue weighted by Crippen LogP contribution is -2.30. The van der Waals surface area contributed by atoms with Gasteiger partial charge in [0, 0.05) is 11.4 Å². The van der Waals surface area contributed by atoms with Crippen LogP contribution in [0.5, 0.6) is 0 Å². The maximum atomic E-state index is 12.6. The first-order valence-corrected chi connectivity index (χ1v) is 9.41. The Bertz CT molecular complexity index is 997. The smallest absolute Gasteiger partial charge is 0.339 e. The Morgan fingerprint density at radius 3 is 2.77 bits per heavy atom. The number of carbonyl (C=O) groups excluding carboxylic acids is 2. The van der Waals surface area contributed by atoms with E-state index in [9.17, 15) is 9.59 Å². The summed E-state index contributed by atoms with van der Waals surface area (Å²) in [7, 11) is 0. The number of esters is 1. The van der Waals surface area contributed by atoms with Crippen LogP contribution in [0.3, 0.4) is 0 Å². The van der Waals surface area contributed by atoms with E-state index in [1.807, 2.05) is 30.3 Å². The van der Waals surface area contributed by atoms with Crippen LogP contribution in [0, 0.1) is 0 Å². The Labute approximate surface area is 159 Å². The Morgan fingerprint density at radius 2 is 2.04 bits per heavy atom. The molecule has 1 aliphatic carbocycles. The number of para-hydroxylation sites is 1. The highest BCUT2D eigenvalue weighted by Gasteiger charge is 2.24. The Balaban J connectivity index is 1.63. The number of halogens is 1. The van der Waals surface area contributed by atoms with E-state index in [2.05, 4.69) is 10.3 Å². The molecule has 26 heavy (non-hydrogen) atoms. The van der Waals surface area contributed by atoms with Gasteiger partial charge in [0.25, 0.3) is 5.91 Å². The molecule has 0 unspecified atom stereocenters. The summed E-state index contributed by atoms with van der Waals surface area (Å²) in [6, 6.07) is 12.9. The predicted molar refractivity (Wildman–Crippen MR) is 102 cm³/mol. The minimum Gasteiger partial charge on any atom is -0.452 e. The van der Waals surface area contributed by atoms with Crippen LogP contribution in [0.15, 0.2) is 42.5 Å². The molecule has 3 aromatic rings. The van der Waals surface area contributed by atoms with Crippen molar-refractivity contribution in [2.45, 2.75) is 18.9 Å². The molecule has 0 bridgehead atoms. The quantitative estimate of drug-likeness (QED) is 0.671. The largest absolute Gasteiger partial charge is 0.452 e. The highest BCUT2D eigenvalue weighted by molar-refractivity contribution is 7.19. The Hall–Kier alpha value is -2.44. The van der Waals surface area contributed by atoms with Gasteiger partial charge in [-0.2, -0.15) is 0 Å². The summed E-state index contributed by atoms with van der Waals surface area (Å²) in [5.41, 5.74) is 1.72. The van der Waals surface area contributed by atoms with Crippen LogP contribution in [0.2, 0.25) is 4.34 Å². The van der Waals surface area contributed by atoms with E-state index in [-0.39, 0.29) is 18.6 Å². The third-order valence-corrected chi connectivity index (χ3v) is 5.29. The molecule has 0 radical (unpaired) electrons. The van der Waals surface area contributed by atoms with E-state index in [4.69, 9.17) is 16.3 Å². The second-order valence-electron chi connectivity index (χ2n) is 6.09. The van der Waals surface area contributed by atoms with Crippen molar-refractivity contribution in [1.29, 1.82) is 0 Å². The standard InChI is InChI=1S/C19H15ClN2O3S/c20-17-8-7-16(26-17)15-9-13(12-3-1-2-4-14(12)22-15)19(24)25-10-18(23)21-11-5-6-11/h1-4,7-9,11H,5-6,10H2,(H,21,23). The fourth-order valence-corrected chi connectivity index (χ4v) is 3.63. The summed E-state index contributed by atoms with van der Waals surface area (Å²) in [5.74, 6) is -0.817. The number of thiophene rings is 1. The van der Waals surface area contributed by atoms with Crippen LogP contribution in [-0.2, 0) is 9.53 Å². The average molecular weight is 387 g/mol. The summed E-state index contributed by atoms with van der Waals surface area (Å²) < 4.78 is 5.87. The van der Waals surface area contributed by atoms with Crippen LogP contribution in [0.1, 0.15) is 23.2 Å². The Morgan fingerprint density at radius 1 is 1.23 bits per heavy atom. The van der Waals surface area contributed by atoms with Gasteiger partial charge in [-0.05, 0) is 37.1 Å². The number of fused-ring (bicyclic) bond motifs is 1. The predicted octanol–water partition coefficient (Wildman–Crippen LogP) is 4.05. The molecule has 0 spiro atoms. The number of aromatic nitrogens is 1. The molecule has 0 saturated heterocycles. The van der Waals surface area contributed by atoms with Gasteiger partial charge >= 0.3 is 5.97 Å². The van der Waals surface area contributed by atoms with Gasteiger partial charge in [0.05, 0.1) is 26.0 Å². The number of benzene rings is 1. The first-order chi connectivity index (χ1) is 12.6. The van der Waals surface area contributed by atoms with Crippen LogP contribution >= 0.6 is 22.9 Å². The zero-order valence-corrected chi connectivity index (χ0v) is 15.3. The molecule has 0 atom stereocenters. The summed E-state index contributed by atoms with van der Waals surface area (Å²) >= 11 is 7.41. The van der Waals surface area contributed by atoms with Crippen molar-refractivity contribution >= 4 is 45.7 Å². The number of hydrogen-bond acceptors (Lipinski definition) is 5. The number of amides is 1. The van der Waals surface area contributed by atoms with Crippen molar-refractivity contribution in [2.75, 3.05) is 6.61 Å². The van der Waals surface area contributed by atoms with E-state index in [0.29, 0.717) is 26.5 Å². The van der Waals surface area contributed by atoms with Crippen LogP contribution in [0.25, 0.3) is 21.5 Å². The zero-order chi connectivity index (χ0) is 18.1. The fourth-order valence-electron chi connectivity index (χ4n) is 2.63. The molecule has 7 heteroatoms. The minimum atomic E-state index is -0.543. The van der Waals surface area contributed by atoms with Crippen molar-refractivity contribution in [2.24, 2.45) is 0 Å². The van der Waals surface area contributed by atoms with E-state index >= 15 is 0 Å². The summed E-state index contributed by atoms with van der Waals surface area (Å²) in [4.78, 5) is 29.8. The van der Waals surface area contributed by atoms with Gasteiger partial charge in [-0.25, -0.2) is 9.78 Å². The second-order valence-corrected chi connectivity index (χ2v) is 7.81. The number of hydrogen-bond donors (Lipinski definition) is 1. The number of rotatable bonds is 5. The fraction of sp³-hybridized carbons (Fsp3) is 0.211. The molecule has 4 rings (SSSR count). The average Bonchev–Trinajstić information content (AvgIpc) is 3.35. The molecule has 5 nitrogen and oxygen atoms in total. The van der Waals surface area contributed by atoms with Crippen molar-refractivity contribution in [3.05, 3.63) is 52.4 Å². The highest BCUT2D eigenvalue weighted by Crippen LogP contribution is 2.32. The van der Waals surface area contributed by atoms with E-state index < -0.39 is 5.97 Å². The molecular weight excluding hydrogens is 372 g/mol. The molecule has 1 aromatic carbocycles. The minimum absolute atomic E-state index is 0.234. The monoisotopic (exact) mass is 386 g/mol. The van der Waals surface area contributed by atoms with Gasteiger partial charge in [-0.1, -0.05) is 29.8 Å². The van der Waals surface area contributed by atoms with E-state index in [0.717, 1.165) is 17.7 Å². The Kier molecular flexibility index (Phi) is 4.61. The molecule has 1 amide bonds. The lowest BCUT2D eigenvalue weighted by Gasteiger charge is -2.09. The molecule has 0 aliphatic heterocycles. The molecule has 1 N–H and O–H groups in total. The van der Waals surface area contributed by atoms with E-state index in [1.165, 1.54) is 11.3 Å². The van der Waals surface area contributed by atoms with Gasteiger partial charge in [-0.15, -0.1) is 11.3 Å².